The minimum atomic E-state index is -0.763. The second kappa shape index (κ2) is 7.58. The van der Waals surface area contributed by atoms with Crippen LogP contribution < -0.4 is 4.74 Å². The largest absolute Gasteiger partial charge is 0.492 e. The fraction of sp³-hybridized carbons (Fsp3) is 0.455. The summed E-state index contributed by atoms with van der Waals surface area (Å²) in [6, 6.07) is 12.9. The Balaban J connectivity index is 1.54. The Morgan fingerprint density at radius 1 is 1.11 bits per heavy atom. The van der Waals surface area contributed by atoms with Gasteiger partial charge in [-0.1, -0.05) is 18.2 Å². The molecule has 1 fully saturated rings. The van der Waals surface area contributed by atoms with Crippen molar-refractivity contribution in [1.29, 1.82) is 0 Å². The quantitative estimate of drug-likeness (QED) is 0.901. The van der Waals surface area contributed by atoms with Crippen LogP contribution in [-0.2, 0) is 18.7 Å². The van der Waals surface area contributed by atoms with E-state index < -0.39 is 5.60 Å². The normalized spacial score (nSPS) is 20.6. The summed E-state index contributed by atoms with van der Waals surface area (Å²) in [5.41, 5.74) is 2.27. The van der Waals surface area contributed by atoms with Crippen molar-refractivity contribution in [2.24, 2.45) is 0 Å². The highest BCUT2D eigenvalue weighted by atomic mass is 19.1. The van der Waals surface area contributed by atoms with Crippen LogP contribution in [0.3, 0.4) is 0 Å². The smallest absolute Gasteiger partial charge is 0.123 e. The molecule has 27 heavy (non-hydrogen) atoms. The summed E-state index contributed by atoms with van der Waals surface area (Å²) in [6.45, 7) is 4.60. The van der Waals surface area contributed by atoms with Crippen LogP contribution in [0.15, 0.2) is 42.5 Å². The first-order valence-electron chi connectivity index (χ1n) is 9.66. The van der Waals surface area contributed by atoms with Crippen LogP contribution in [0, 0.1) is 5.82 Å². The zero-order valence-corrected chi connectivity index (χ0v) is 15.8. The summed E-state index contributed by atoms with van der Waals surface area (Å²) >= 11 is 0. The third-order valence-corrected chi connectivity index (χ3v) is 5.77. The highest BCUT2D eigenvalue weighted by Gasteiger charge is 2.33. The van der Waals surface area contributed by atoms with Gasteiger partial charge >= 0.3 is 0 Å². The summed E-state index contributed by atoms with van der Waals surface area (Å²) in [5.74, 6) is 0.683. The molecule has 0 unspecified atom stereocenters. The molecule has 4 rings (SSSR count). The predicted molar refractivity (Wildman–Crippen MR) is 103 cm³/mol. The van der Waals surface area contributed by atoms with Gasteiger partial charge in [-0.3, -0.25) is 4.90 Å². The first-order valence-corrected chi connectivity index (χ1v) is 9.66. The molecule has 1 saturated heterocycles. The van der Waals surface area contributed by atoms with Crippen LogP contribution in [0.2, 0.25) is 0 Å². The van der Waals surface area contributed by atoms with Gasteiger partial charge in [0.2, 0.25) is 0 Å². The van der Waals surface area contributed by atoms with Gasteiger partial charge in [-0.05, 0) is 55.3 Å². The van der Waals surface area contributed by atoms with Gasteiger partial charge in [-0.15, -0.1) is 0 Å². The molecule has 4 nitrogen and oxygen atoms in total. The number of nitrogens with zero attached hydrogens (tertiary/aromatic N) is 2. The first kappa shape index (κ1) is 18.4. The van der Waals surface area contributed by atoms with Gasteiger partial charge in [0.1, 0.15) is 18.2 Å². The molecule has 1 N–H and O–H groups in total. The summed E-state index contributed by atoms with van der Waals surface area (Å²) in [6.07, 6.45) is 1.49. The number of hydrogen-bond donors (Lipinski definition) is 1. The predicted octanol–water partition coefficient (Wildman–Crippen LogP) is 3.13. The van der Waals surface area contributed by atoms with Crippen LogP contribution in [-0.4, -0.2) is 48.2 Å². The van der Waals surface area contributed by atoms with E-state index in [0.29, 0.717) is 13.2 Å². The van der Waals surface area contributed by atoms with E-state index in [9.17, 15) is 9.50 Å². The molecule has 2 aliphatic rings. The lowest BCUT2D eigenvalue weighted by atomic mass is 9.84. The van der Waals surface area contributed by atoms with Crippen LogP contribution >= 0.6 is 0 Å². The van der Waals surface area contributed by atoms with Crippen LogP contribution in [0.5, 0.6) is 5.75 Å². The number of fused-ring (bicyclic) bond motifs is 1. The van der Waals surface area contributed by atoms with Crippen molar-refractivity contribution in [3.05, 3.63) is 65.0 Å². The number of rotatable bonds is 3. The third kappa shape index (κ3) is 4.15. The molecule has 0 aromatic heterocycles. The molecule has 2 aromatic carbocycles. The minimum Gasteiger partial charge on any atom is -0.492 e. The molecule has 2 aliphatic heterocycles. The zero-order valence-electron chi connectivity index (χ0n) is 15.8. The fourth-order valence-corrected chi connectivity index (χ4v) is 4.04. The van der Waals surface area contributed by atoms with Crippen LogP contribution in [0.1, 0.15) is 29.5 Å². The molecular formula is C22H27FN2O2. The van der Waals surface area contributed by atoms with Gasteiger partial charge in [0.05, 0.1) is 5.60 Å². The van der Waals surface area contributed by atoms with Gasteiger partial charge < -0.3 is 14.7 Å². The molecule has 0 amide bonds. The number of halogens is 1. The van der Waals surface area contributed by atoms with Crippen molar-refractivity contribution >= 4 is 0 Å². The second-order valence-electron chi connectivity index (χ2n) is 7.85. The molecule has 0 spiro atoms. The summed E-state index contributed by atoms with van der Waals surface area (Å²) < 4.78 is 19.4. The number of hydrogen-bond acceptors (Lipinski definition) is 4. The molecule has 0 radical (unpaired) electrons. The summed E-state index contributed by atoms with van der Waals surface area (Å²) in [4.78, 5) is 4.52. The van der Waals surface area contributed by atoms with Gasteiger partial charge in [-0.25, -0.2) is 4.39 Å². The molecule has 0 atom stereocenters. The van der Waals surface area contributed by atoms with E-state index >= 15 is 0 Å². The Labute approximate surface area is 160 Å². The van der Waals surface area contributed by atoms with Crippen molar-refractivity contribution in [1.82, 2.24) is 9.80 Å². The standard InChI is InChI=1S/C22H27FN2O2/c1-24-9-7-22(26,8-10-24)19-5-6-21-18(14-19)16-25(11-12-27-21)15-17-3-2-4-20(23)13-17/h2-6,13-14,26H,7-12,15-16H2,1H3. The highest BCUT2D eigenvalue weighted by molar-refractivity contribution is 5.40. The van der Waals surface area contributed by atoms with E-state index in [1.54, 1.807) is 12.1 Å². The van der Waals surface area contributed by atoms with E-state index in [2.05, 4.69) is 22.9 Å². The molecule has 2 heterocycles. The van der Waals surface area contributed by atoms with E-state index in [1.165, 1.54) is 6.07 Å². The summed E-state index contributed by atoms with van der Waals surface area (Å²) in [5, 5.41) is 11.1. The average molecular weight is 370 g/mol. The van der Waals surface area contributed by atoms with E-state index in [0.717, 1.165) is 61.5 Å². The maximum atomic E-state index is 13.5. The monoisotopic (exact) mass is 370 g/mol. The van der Waals surface area contributed by atoms with Gasteiger partial charge in [0.15, 0.2) is 0 Å². The average Bonchev–Trinajstić information content (AvgIpc) is 2.85. The zero-order chi connectivity index (χ0) is 18.9. The van der Waals surface area contributed by atoms with E-state index in [4.69, 9.17) is 4.74 Å². The molecule has 5 heteroatoms. The maximum absolute atomic E-state index is 13.5. The number of piperidine rings is 1. The minimum absolute atomic E-state index is 0.203. The Hall–Kier alpha value is -1.95. The first-order chi connectivity index (χ1) is 13.0. The number of aliphatic hydroxyl groups is 1. The van der Waals surface area contributed by atoms with E-state index in [-0.39, 0.29) is 5.82 Å². The lowest BCUT2D eigenvalue weighted by Gasteiger charge is -2.37. The number of benzene rings is 2. The summed E-state index contributed by atoms with van der Waals surface area (Å²) in [7, 11) is 2.09. The lowest BCUT2D eigenvalue weighted by molar-refractivity contribution is -0.0204. The fourth-order valence-electron chi connectivity index (χ4n) is 4.04. The van der Waals surface area contributed by atoms with Gasteiger partial charge in [0.25, 0.3) is 0 Å². The molecular weight excluding hydrogens is 343 g/mol. The Kier molecular flexibility index (Phi) is 5.17. The molecule has 0 saturated carbocycles. The van der Waals surface area contributed by atoms with Crippen molar-refractivity contribution < 1.29 is 14.2 Å². The van der Waals surface area contributed by atoms with Crippen molar-refractivity contribution in [3.63, 3.8) is 0 Å². The van der Waals surface area contributed by atoms with Crippen molar-refractivity contribution in [2.45, 2.75) is 31.5 Å². The molecule has 2 aromatic rings. The van der Waals surface area contributed by atoms with Crippen LogP contribution in [0.4, 0.5) is 4.39 Å². The van der Waals surface area contributed by atoms with E-state index in [1.807, 2.05) is 18.2 Å². The van der Waals surface area contributed by atoms with Gasteiger partial charge in [-0.2, -0.15) is 0 Å². The van der Waals surface area contributed by atoms with Crippen molar-refractivity contribution in [2.75, 3.05) is 33.3 Å². The Morgan fingerprint density at radius 2 is 1.93 bits per heavy atom. The number of likely N-dealkylation sites (tertiary alicyclic amines) is 1. The second-order valence-corrected chi connectivity index (χ2v) is 7.85. The molecule has 144 valence electrons. The third-order valence-electron chi connectivity index (χ3n) is 5.77. The topological polar surface area (TPSA) is 35.9 Å². The SMILES string of the molecule is CN1CCC(O)(c2ccc3c(c2)CN(Cc2cccc(F)c2)CCO3)CC1. The van der Waals surface area contributed by atoms with Gasteiger partial charge in [0, 0.05) is 38.3 Å². The molecule has 0 aliphatic carbocycles. The maximum Gasteiger partial charge on any atom is 0.123 e. The molecule has 0 bridgehead atoms. The Bertz CT molecular complexity index is 803. The van der Waals surface area contributed by atoms with Crippen molar-refractivity contribution in [3.8, 4) is 5.75 Å². The Morgan fingerprint density at radius 3 is 2.70 bits per heavy atom. The van der Waals surface area contributed by atoms with Crippen LogP contribution in [0.25, 0.3) is 0 Å². The highest BCUT2D eigenvalue weighted by Crippen LogP contribution is 2.35. The lowest BCUT2D eigenvalue weighted by Crippen LogP contribution is -2.40. The number of ether oxygens (including phenoxy) is 1.